The normalized spacial score (nSPS) is 10.5. The lowest BCUT2D eigenvalue weighted by Gasteiger charge is -2.09. The van der Waals surface area contributed by atoms with Crippen LogP contribution in [0, 0.1) is 0 Å². The number of nitrogens with one attached hydrogen (secondary N) is 2. The molecule has 0 bridgehead atoms. The summed E-state index contributed by atoms with van der Waals surface area (Å²) in [6.07, 6.45) is 1.44. The predicted octanol–water partition coefficient (Wildman–Crippen LogP) is 4.12. The molecule has 29 heavy (non-hydrogen) atoms. The molecule has 0 saturated carbocycles. The van der Waals surface area contributed by atoms with Gasteiger partial charge in [-0.2, -0.15) is 5.10 Å². The minimum absolute atomic E-state index is 0.393. The van der Waals surface area contributed by atoms with Gasteiger partial charge in [0.25, 0.3) is 0 Å². The summed E-state index contributed by atoms with van der Waals surface area (Å²) in [4.78, 5) is 23.8. The number of benzene rings is 3. The van der Waals surface area contributed by atoms with E-state index in [0.717, 1.165) is 10.0 Å². The van der Waals surface area contributed by atoms with E-state index >= 15 is 0 Å². The number of ether oxygens (including phenoxy) is 1. The van der Waals surface area contributed by atoms with Gasteiger partial charge in [0.05, 0.1) is 6.21 Å². The van der Waals surface area contributed by atoms with E-state index in [2.05, 4.69) is 31.8 Å². The Balaban J connectivity index is 1.56. The standard InChI is InChI=1S/C22H18BrN3O3/c23-18-12-10-16(11-13-18)15-29-20-9-5-4-6-17(20)14-24-26-22(28)21(27)25-19-7-2-1-3-8-19/h1-14H,15H2,(H,25,27)(H,26,28)/b24-14-. The number of hydrogen-bond acceptors (Lipinski definition) is 4. The summed E-state index contributed by atoms with van der Waals surface area (Å²) >= 11 is 3.40. The predicted molar refractivity (Wildman–Crippen MR) is 116 cm³/mol. The number of carbonyl (C=O) groups is 2. The molecule has 0 saturated heterocycles. The van der Waals surface area contributed by atoms with Crippen molar-refractivity contribution < 1.29 is 14.3 Å². The van der Waals surface area contributed by atoms with Gasteiger partial charge in [0.15, 0.2) is 0 Å². The third-order valence-corrected chi connectivity index (χ3v) is 4.36. The van der Waals surface area contributed by atoms with Gasteiger partial charge in [0.1, 0.15) is 12.4 Å². The third-order valence-electron chi connectivity index (χ3n) is 3.83. The molecule has 0 spiro atoms. The molecular weight excluding hydrogens is 434 g/mol. The van der Waals surface area contributed by atoms with Crippen LogP contribution in [0.2, 0.25) is 0 Å². The largest absolute Gasteiger partial charge is 0.488 e. The molecule has 0 aliphatic heterocycles. The zero-order chi connectivity index (χ0) is 20.5. The van der Waals surface area contributed by atoms with E-state index in [1.807, 2.05) is 48.5 Å². The molecular formula is C22H18BrN3O3. The molecule has 0 aromatic heterocycles. The van der Waals surface area contributed by atoms with Crippen molar-refractivity contribution in [3.05, 3.63) is 94.5 Å². The summed E-state index contributed by atoms with van der Waals surface area (Å²) < 4.78 is 6.85. The number of para-hydroxylation sites is 2. The first-order valence-electron chi connectivity index (χ1n) is 8.77. The molecule has 146 valence electrons. The number of hydrazone groups is 1. The third kappa shape index (κ3) is 6.29. The molecule has 0 unspecified atom stereocenters. The Morgan fingerprint density at radius 1 is 0.897 bits per heavy atom. The molecule has 6 nitrogen and oxygen atoms in total. The maximum absolute atomic E-state index is 11.9. The van der Waals surface area contributed by atoms with Gasteiger partial charge in [0.2, 0.25) is 0 Å². The van der Waals surface area contributed by atoms with Crippen LogP contribution in [0.1, 0.15) is 11.1 Å². The molecule has 0 aliphatic carbocycles. The van der Waals surface area contributed by atoms with Crippen molar-refractivity contribution in [3.63, 3.8) is 0 Å². The Morgan fingerprint density at radius 3 is 2.34 bits per heavy atom. The van der Waals surface area contributed by atoms with Crippen molar-refractivity contribution in [2.75, 3.05) is 5.32 Å². The molecule has 0 radical (unpaired) electrons. The SMILES string of the molecule is O=C(N/N=C\c1ccccc1OCc1ccc(Br)cc1)C(=O)Nc1ccccc1. The first-order valence-corrected chi connectivity index (χ1v) is 9.57. The van der Waals surface area contributed by atoms with Crippen LogP contribution in [0.15, 0.2) is 88.4 Å². The van der Waals surface area contributed by atoms with E-state index in [1.54, 1.807) is 30.3 Å². The molecule has 3 rings (SSSR count). The van der Waals surface area contributed by atoms with Crippen molar-refractivity contribution in [2.45, 2.75) is 6.61 Å². The summed E-state index contributed by atoms with van der Waals surface area (Å²) in [5.41, 5.74) is 4.44. The van der Waals surface area contributed by atoms with Crippen molar-refractivity contribution in [1.29, 1.82) is 0 Å². The van der Waals surface area contributed by atoms with Gasteiger partial charge in [-0.25, -0.2) is 5.43 Å². The number of amides is 2. The fourth-order valence-electron chi connectivity index (χ4n) is 2.38. The lowest BCUT2D eigenvalue weighted by Crippen LogP contribution is -2.32. The molecule has 0 heterocycles. The topological polar surface area (TPSA) is 79.8 Å². The van der Waals surface area contributed by atoms with Crippen LogP contribution in [0.25, 0.3) is 0 Å². The van der Waals surface area contributed by atoms with E-state index in [9.17, 15) is 9.59 Å². The number of anilines is 1. The summed E-state index contributed by atoms with van der Waals surface area (Å²) in [7, 11) is 0. The fraction of sp³-hybridized carbons (Fsp3) is 0.0455. The Morgan fingerprint density at radius 2 is 1.59 bits per heavy atom. The highest BCUT2D eigenvalue weighted by Crippen LogP contribution is 2.18. The number of halogens is 1. The van der Waals surface area contributed by atoms with Gasteiger partial charge in [-0.05, 0) is 42.0 Å². The second kappa shape index (κ2) is 10.2. The van der Waals surface area contributed by atoms with Crippen LogP contribution in [0.3, 0.4) is 0 Å². The molecule has 2 amide bonds. The summed E-state index contributed by atoms with van der Waals surface area (Å²) in [6.45, 7) is 0.393. The van der Waals surface area contributed by atoms with Crippen LogP contribution >= 0.6 is 15.9 Å². The van der Waals surface area contributed by atoms with E-state index in [4.69, 9.17) is 4.74 Å². The maximum atomic E-state index is 11.9. The van der Waals surface area contributed by atoms with E-state index < -0.39 is 11.8 Å². The quantitative estimate of drug-likeness (QED) is 0.336. The molecule has 3 aromatic rings. The average molecular weight is 452 g/mol. The van der Waals surface area contributed by atoms with Gasteiger partial charge < -0.3 is 10.1 Å². The van der Waals surface area contributed by atoms with Gasteiger partial charge >= 0.3 is 11.8 Å². The molecule has 0 aliphatic rings. The van der Waals surface area contributed by atoms with Crippen LogP contribution in [0.4, 0.5) is 5.69 Å². The van der Waals surface area contributed by atoms with Gasteiger partial charge in [0, 0.05) is 15.7 Å². The number of hydrogen-bond donors (Lipinski definition) is 2. The lowest BCUT2D eigenvalue weighted by molar-refractivity contribution is -0.136. The summed E-state index contributed by atoms with van der Waals surface area (Å²) in [5, 5.41) is 6.35. The first-order chi connectivity index (χ1) is 14.1. The van der Waals surface area contributed by atoms with Gasteiger partial charge in [-0.3, -0.25) is 9.59 Å². The molecule has 2 N–H and O–H groups in total. The van der Waals surface area contributed by atoms with Crippen LogP contribution < -0.4 is 15.5 Å². The van der Waals surface area contributed by atoms with Crippen molar-refractivity contribution in [1.82, 2.24) is 5.43 Å². The van der Waals surface area contributed by atoms with Crippen molar-refractivity contribution in [3.8, 4) is 5.75 Å². The molecule has 7 heteroatoms. The fourth-order valence-corrected chi connectivity index (χ4v) is 2.65. The molecule has 3 aromatic carbocycles. The number of rotatable bonds is 6. The van der Waals surface area contributed by atoms with E-state index in [0.29, 0.717) is 23.6 Å². The van der Waals surface area contributed by atoms with Gasteiger partial charge in [-0.15, -0.1) is 0 Å². The minimum atomic E-state index is -0.863. The average Bonchev–Trinajstić information content (AvgIpc) is 2.75. The summed E-state index contributed by atoms with van der Waals surface area (Å²) in [5.74, 6) is -1.05. The van der Waals surface area contributed by atoms with E-state index in [-0.39, 0.29) is 0 Å². The van der Waals surface area contributed by atoms with Crippen LogP contribution in [0.5, 0.6) is 5.75 Å². The second-order valence-corrected chi connectivity index (χ2v) is 6.89. The second-order valence-electron chi connectivity index (χ2n) is 5.97. The zero-order valence-corrected chi connectivity index (χ0v) is 16.9. The lowest BCUT2D eigenvalue weighted by atomic mass is 10.2. The first kappa shape index (κ1) is 20.3. The highest BCUT2D eigenvalue weighted by molar-refractivity contribution is 9.10. The van der Waals surface area contributed by atoms with Crippen molar-refractivity contribution in [2.24, 2.45) is 5.10 Å². The smallest absolute Gasteiger partial charge is 0.329 e. The zero-order valence-electron chi connectivity index (χ0n) is 15.3. The minimum Gasteiger partial charge on any atom is -0.488 e. The Hall–Kier alpha value is -3.45. The van der Waals surface area contributed by atoms with Crippen molar-refractivity contribution >= 4 is 39.6 Å². The Labute approximate surface area is 176 Å². The van der Waals surface area contributed by atoms with Crippen LogP contribution in [-0.2, 0) is 16.2 Å². The van der Waals surface area contributed by atoms with Gasteiger partial charge in [-0.1, -0.05) is 58.4 Å². The summed E-state index contributed by atoms with van der Waals surface area (Å²) in [6, 6.07) is 23.8. The van der Waals surface area contributed by atoms with E-state index in [1.165, 1.54) is 6.21 Å². The molecule has 0 fully saturated rings. The Kier molecular flexibility index (Phi) is 7.13. The number of carbonyl (C=O) groups excluding carboxylic acids is 2. The number of nitrogens with zero attached hydrogens (tertiary/aromatic N) is 1. The maximum Gasteiger partial charge on any atom is 0.329 e. The monoisotopic (exact) mass is 451 g/mol. The highest BCUT2D eigenvalue weighted by atomic mass is 79.9. The van der Waals surface area contributed by atoms with Crippen LogP contribution in [-0.4, -0.2) is 18.0 Å². The molecule has 0 atom stereocenters. The highest BCUT2D eigenvalue weighted by Gasteiger charge is 2.12. The Bertz CT molecular complexity index is 1010.